The number of nitrogens with two attached hydrogens (primary N) is 1. The summed E-state index contributed by atoms with van der Waals surface area (Å²) in [5.41, 5.74) is 8.87. The van der Waals surface area contributed by atoms with Gasteiger partial charge in [0.2, 0.25) is 23.6 Å². The number of alkyl carbamates (subject to hydrolysis) is 1. The van der Waals surface area contributed by atoms with E-state index in [1.165, 1.54) is 11.0 Å². The van der Waals surface area contributed by atoms with E-state index in [4.69, 9.17) is 15.2 Å². The Morgan fingerprint density at radius 1 is 1.00 bits per heavy atom. The molecule has 60 heavy (non-hydrogen) atoms. The van der Waals surface area contributed by atoms with Crippen LogP contribution in [0.3, 0.4) is 0 Å². The van der Waals surface area contributed by atoms with E-state index in [-0.39, 0.29) is 56.5 Å². The van der Waals surface area contributed by atoms with E-state index in [1.54, 1.807) is 49.8 Å². The number of thiazole rings is 1. The van der Waals surface area contributed by atoms with Crippen molar-refractivity contribution in [1.82, 2.24) is 25.8 Å². The molecule has 1 saturated heterocycles. The van der Waals surface area contributed by atoms with Crippen molar-refractivity contribution in [2.24, 2.45) is 11.1 Å². The number of aliphatic hydroxyl groups excluding tert-OH is 1. The summed E-state index contributed by atoms with van der Waals surface area (Å²) in [6.07, 6.45) is -0.168. The highest BCUT2D eigenvalue weighted by Gasteiger charge is 2.44. The maximum atomic E-state index is 15.5. The number of aromatic nitrogens is 1. The monoisotopic (exact) mass is 852 g/mol. The molecule has 0 radical (unpaired) electrons. The van der Waals surface area contributed by atoms with Crippen molar-refractivity contribution in [3.8, 4) is 16.2 Å². The molecule has 0 bridgehead atoms. The zero-order chi connectivity index (χ0) is 44.4. The summed E-state index contributed by atoms with van der Waals surface area (Å²) < 4.78 is 26.5. The quantitative estimate of drug-likeness (QED) is 0.0970. The number of nitrogens with one attached hydrogen (secondary N) is 3. The number of likely N-dealkylation sites (tertiary alicyclic amines) is 1. The Morgan fingerprint density at radius 3 is 2.32 bits per heavy atom. The number of aryl methyl sites for hydroxylation is 2. The van der Waals surface area contributed by atoms with Crippen LogP contribution in [0.1, 0.15) is 110 Å². The average molecular weight is 853 g/mol. The predicted molar refractivity (Wildman–Crippen MR) is 227 cm³/mol. The van der Waals surface area contributed by atoms with Crippen LogP contribution in [0.4, 0.5) is 9.18 Å². The van der Waals surface area contributed by atoms with E-state index in [1.807, 2.05) is 58.9 Å². The van der Waals surface area contributed by atoms with Gasteiger partial charge in [-0.05, 0) is 88.5 Å². The zero-order valence-electron chi connectivity index (χ0n) is 35.9. The first-order valence-electron chi connectivity index (χ1n) is 20.4. The van der Waals surface area contributed by atoms with Crippen molar-refractivity contribution in [3.05, 3.63) is 70.6 Å². The summed E-state index contributed by atoms with van der Waals surface area (Å²) in [5.74, 6) is -2.38. The van der Waals surface area contributed by atoms with Crippen LogP contribution in [0.25, 0.3) is 10.4 Å². The number of rotatable bonds is 18. The molecule has 14 nitrogen and oxygen atoms in total. The molecule has 3 aromatic rings. The number of unbranched alkanes of at least 4 members (excludes halogenated alkanes) is 1. The fourth-order valence-electron chi connectivity index (χ4n) is 6.89. The van der Waals surface area contributed by atoms with Crippen molar-refractivity contribution in [1.29, 1.82) is 0 Å². The van der Waals surface area contributed by atoms with Crippen molar-refractivity contribution < 1.29 is 42.9 Å². The van der Waals surface area contributed by atoms with E-state index in [2.05, 4.69) is 20.9 Å². The number of halogens is 1. The molecule has 0 aliphatic carbocycles. The lowest BCUT2D eigenvalue weighted by molar-refractivity contribution is -0.144. The van der Waals surface area contributed by atoms with Crippen molar-refractivity contribution >= 4 is 41.1 Å². The number of hydrogen-bond donors (Lipinski definition) is 5. The van der Waals surface area contributed by atoms with Crippen LogP contribution in [0.5, 0.6) is 5.75 Å². The number of β-amino-alcohol motifs (C(OH)–C–C–N with tert-alkyl or cyclic N) is 1. The first kappa shape index (κ1) is 47.6. The molecule has 2 heterocycles. The fraction of sp³-hybridized carbons (Fsp3) is 0.545. The van der Waals surface area contributed by atoms with Gasteiger partial charge in [0.25, 0.3) is 0 Å². The van der Waals surface area contributed by atoms with Crippen LogP contribution in [0.15, 0.2) is 48.0 Å². The van der Waals surface area contributed by atoms with E-state index in [9.17, 15) is 29.1 Å². The molecule has 5 amide bonds. The molecule has 328 valence electrons. The van der Waals surface area contributed by atoms with Gasteiger partial charge in [-0.2, -0.15) is 0 Å². The lowest BCUT2D eigenvalue weighted by Gasteiger charge is -2.35. The number of nitrogens with zero attached hydrogens (tertiary/aromatic N) is 2. The Labute approximate surface area is 356 Å². The number of hydrogen-bond acceptors (Lipinski definition) is 10. The van der Waals surface area contributed by atoms with Gasteiger partial charge in [0, 0.05) is 25.8 Å². The maximum absolute atomic E-state index is 15.5. The first-order chi connectivity index (χ1) is 28.1. The third-order valence-electron chi connectivity index (χ3n) is 10.1. The fourth-order valence-corrected chi connectivity index (χ4v) is 7.70. The topological polar surface area (TPSA) is 202 Å². The van der Waals surface area contributed by atoms with Crippen molar-refractivity contribution in [3.63, 3.8) is 0 Å². The average Bonchev–Trinajstić information content (AvgIpc) is 3.78. The van der Waals surface area contributed by atoms with Gasteiger partial charge in [0.15, 0.2) is 11.6 Å². The molecule has 6 N–H and O–H groups in total. The van der Waals surface area contributed by atoms with Gasteiger partial charge >= 0.3 is 6.09 Å². The minimum Gasteiger partial charge on any atom is -0.488 e. The normalized spacial score (nSPS) is 17.0. The number of benzene rings is 2. The molecule has 1 aromatic heterocycles. The van der Waals surface area contributed by atoms with Gasteiger partial charge in [0.1, 0.15) is 24.3 Å². The SMILES string of the molecule is Cc1ncsc1-c1ccc(C(C)NC(=O)[C@@H]2C[C@@H](O)CN2C(=O)C(NC(=O)CCCCc2cccc(OCC(CCC(N)=O)NC(=O)OC(C)(C)C)c2F)C(C)(C)C)cc1. The molecular formula is C44H61FN6O8S. The molecule has 5 atom stereocenters. The second kappa shape index (κ2) is 20.9. The van der Waals surface area contributed by atoms with Crippen molar-refractivity contribution in [2.75, 3.05) is 13.2 Å². The van der Waals surface area contributed by atoms with E-state index >= 15 is 4.39 Å². The molecule has 1 aliphatic rings. The highest BCUT2D eigenvalue weighted by Crippen LogP contribution is 2.30. The molecule has 16 heteroatoms. The molecule has 1 fully saturated rings. The summed E-state index contributed by atoms with van der Waals surface area (Å²) >= 11 is 1.56. The Kier molecular flexibility index (Phi) is 16.6. The summed E-state index contributed by atoms with van der Waals surface area (Å²) in [6, 6.07) is 9.65. The second-order valence-electron chi connectivity index (χ2n) is 17.5. The molecule has 4 rings (SSSR count). The highest BCUT2D eigenvalue weighted by atomic mass is 32.1. The summed E-state index contributed by atoms with van der Waals surface area (Å²) in [6.45, 7) is 14.3. The number of aliphatic hydroxyl groups is 1. The smallest absolute Gasteiger partial charge is 0.407 e. The number of primary amides is 1. The van der Waals surface area contributed by atoms with Gasteiger partial charge < -0.3 is 41.2 Å². The summed E-state index contributed by atoms with van der Waals surface area (Å²) in [5, 5.41) is 19.2. The zero-order valence-corrected chi connectivity index (χ0v) is 36.7. The van der Waals surface area contributed by atoms with Crippen LogP contribution in [0.2, 0.25) is 0 Å². The van der Waals surface area contributed by atoms with Crippen LogP contribution in [-0.2, 0) is 30.3 Å². The Morgan fingerprint density at radius 2 is 1.70 bits per heavy atom. The summed E-state index contributed by atoms with van der Waals surface area (Å²) in [4.78, 5) is 71.5. The van der Waals surface area contributed by atoms with Gasteiger partial charge in [0.05, 0.1) is 34.3 Å². The third kappa shape index (κ3) is 14.0. The van der Waals surface area contributed by atoms with Crippen LogP contribution in [0, 0.1) is 18.2 Å². The van der Waals surface area contributed by atoms with Gasteiger partial charge in [-0.25, -0.2) is 14.2 Å². The van der Waals surface area contributed by atoms with Crippen LogP contribution in [-0.4, -0.2) is 87.7 Å². The van der Waals surface area contributed by atoms with Crippen LogP contribution >= 0.6 is 11.3 Å². The molecule has 2 aromatic carbocycles. The molecule has 1 aliphatic heterocycles. The Bertz CT molecular complexity index is 1960. The number of ether oxygens (including phenoxy) is 2. The van der Waals surface area contributed by atoms with E-state index in [0.717, 1.165) is 21.7 Å². The lowest BCUT2D eigenvalue weighted by atomic mass is 9.85. The highest BCUT2D eigenvalue weighted by molar-refractivity contribution is 7.13. The lowest BCUT2D eigenvalue weighted by Crippen LogP contribution is -2.57. The Balaban J connectivity index is 1.31. The predicted octanol–water partition coefficient (Wildman–Crippen LogP) is 5.88. The van der Waals surface area contributed by atoms with Gasteiger partial charge in [-0.15, -0.1) is 11.3 Å². The first-order valence-corrected chi connectivity index (χ1v) is 21.3. The maximum Gasteiger partial charge on any atom is 0.407 e. The Hall–Kier alpha value is -5.09. The largest absolute Gasteiger partial charge is 0.488 e. The molecular weight excluding hydrogens is 792 g/mol. The van der Waals surface area contributed by atoms with Gasteiger partial charge in [-0.1, -0.05) is 57.2 Å². The second-order valence-corrected chi connectivity index (χ2v) is 18.3. The number of amides is 5. The minimum atomic E-state index is -0.978. The molecule has 0 spiro atoms. The number of carbonyl (C=O) groups excluding carboxylic acids is 5. The molecule has 0 saturated carbocycles. The minimum absolute atomic E-state index is 0.0193. The standard InChI is InChI=1S/C44H61FN6O8S/c1-26(28-16-18-30(19-17-28)38-27(2)47-25-60-38)48-40(55)33-22-32(52)23-51(33)41(56)39(43(3,4)5)50-36(54)15-10-9-12-29-13-11-14-34(37(29)45)58-24-31(20-21-35(46)53)49-42(57)59-44(6,7)8/h11,13-14,16-19,25-26,31-33,39,52H,9-10,12,15,20-24H2,1-8H3,(H2,46,53)(H,48,55)(H,49,57)(H,50,54)/t26?,31?,32-,33+,39?/m1/s1. The number of carbonyl (C=O) groups is 5. The van der Waals surface area contributed by atoms with E-state index < -0.39 is 64.9 Å². The third-order valence-corrected chi connectivity index (χ3v) is 11.1. The molecule has 3 unspecified atom stereocenters. The summed E-state index contributed by atoms with van der Waals surface area (Å²) in [7, 11) is 0. The van der Waals surface area contributed by atoms with Crippen molar-refractivity contribution in [2.45, 2.75) is 136 Å². The van der Waals surface area contributed by atoms with Crippen LogP contribution < -0.4 is 26.4 Å². The van der Waals surface area contributed by atoms with Gasteiger partial charge in [-0.3, -0.25) is 19.2 Å². The van der Waals surface area contributed by atoms with E-state index in [0.29, 0.717) is 24.8 Å².